The van der Waals surface area contributed by atoms with Crippen LogP contribution in [-0.4, -0.2) is 12.6 Å². The third-order valence-electron chi connectivity index (χ3n) is 5.54. The van der Waals surface area contributed by atoms with E-state index < -0.39 is 0 Å². The van der Waals surface area contributed by atoms with Crippen LogP contribution in [0.5, 0.6) is 0 Å². The molecule has 0 heterocycles. The highest BCUT2D eigenvalue weighted by Gasteiger charge is 2.29. The minimum Gasteiger partial charge on any atom is -0.313 e. The first-order valence-corrected chi connectivity index (χ1v) is 8.32. The summed E-state index contributed by atoms with van der Waals surface area (Å²) in [5, 5.41) is 3.92. The predicted octanol–water partition coefficient (Wildman–Crippen LogP) is 4.76. The molecule has 106 valence electrons. The van der Waals surface area contributed by atoms with Gasteiger partial charge in [-0.15, -0.1) is 0 Å². The maximum atomic E-state index is 3.92. The molecule has 1 nitrogen and oxygen atoms in total. The summed E-state index contributed by atoms with van der Waals surface area (Å²) in [5.41, 5.74) is 0.600. The summed E-state index contributed by atoms with van der Waals surface area (Å²) in [5.74, 6) is 1.84. The molecule has 2 aliphatic rings. The highest BCUT2D eigenvalue weighted by molar-refractivity contribution is 4.85. The van der Waals surface area contributed by atoms with E-state index in [1.54, 1.807) is 0 Å². The van der Waals surface area contributed by atoms with Crippen molar-refractivity contribution in [2.45, 2.75) is 84.6 Å². The Bertz CT molecular complexity index is 240. The number of nitrogens with one attached hydrogen (secondary N) is 1. The standard InChI is InChI=1S/C17H33N/c1-14(2)15-8-7-9-16(12-15)18-13-17(3)10-5-4-6-11-17/h14-16,18H,4-13H2,1-3H3. The monoisotopic (exact) mass is 251 g/mol. The smallest absolute Gasteiger partial charge is 0.00700 e. The fourth-order valence-corrected chi connectivity index (χ4v) is 3.99. The average Bonchev–Trinajstić information content (AvgIpc) is 2.38. The lowest BCUT2D eigenvalue weighted by Gasteiger charge is -2.38. The van der Waals surface area contributed by atoms with E-state index in [2.05, 4.69) is 26.1 Å². The summed E-state index contributed by atoms with van der Waals surface area (Å²) < 4.78 is 0. The van der Waals surface area contributed by atoms with Crippen LogP contribution in [0.3, 0.4) is 0 Å². The van der Waals surface area contributed by atoms with Gasteiger partial charge in [0.25, 0.3) is 0 Å². The van der Waals surface area contributed by atoms with Gasteiger partial charge in [-0.3, -0.25) is 0 Å². The van der Waals surface area contributed by atoms with Gasteiger partial charge in [0.15, 0.2) is 0 Å². The fourth-order valence-electron chi connectivity index (χ4n) is 3.99. The van der Waals surface area contributed by atoms with Crippen molar-refractivity contribution >= 4 is 0 Å². The van der Waals surface area contributed by atoms with Gasteiger partial charge >= 0.3 is 0 Å². The Morgan fingerprint density at radius 3 is 2.44 bits per heavy atom. The molecule has 1 N–H and O–H groups in total. The molecular formula is C17H33N. The van der Waals surface area contributed by atoms with Crippen molar-refractivity contribution < 1.29 is 0 Å². The second-order valence-electron chi connectivity index (χ2n) is 7.62. The second-order valence-corrected chi connectivity index (χ2v) is 7.62. The predicted molar refractivity (Wildman–Crippen MR) is 79.8 cm³/mol. The van der Waals surface area contributed by atoms with Gasteiger partial charge in [-0.1, -0.05) is 52.9 Å². The van der Waals surface area contributed by atoms with Gasteiger partial charge in [0, 0.05) is 12.6 Å². The Balaban J connectivity index is 1.75. The highest BCUT2D eigenvalue weighted by Crippen LogP contribution is 2.36. The molecule has 0 spiro atoms. The zero-order valence-corrected chi connectivity index (χ0v) is 12.8. The minimum absolute atomic E-state index is 0.600. The molecule has 0 amide bonds. The van der Waals surface area contributed by atoms with Gasteiger partial charge in [0.1, 0.15) is 0 Å². The van der Waals surface area contributed by atoms with E-state index >= 15 is 0 Å². The van der Waals surface area contributed by atoms with Crippen LogP contribution in [0.25, 0.3) is 0 Å². The second kappa shape index (κ2) is 6.41. The van der Waals surface area contributed by atoms with Gasteiger partial charge in [0.2, 0.25) is 0 Å². The first-order chi connectivity index (χ1) is 8.59. The van der Waals surface area contributed by atoms with Gasteiger partial charge in [0.05, 0.1) is 0 Å². The molecule has 2 aliphatic carbocycles. The lowest BCUT2D eigenvalue weighted by atomic mass is 9.75. The van der Waals surface area contributed by atoms with Crippen molar-refractivity contribution in [2.24, 2.45) is 17.3 Å². The molecule has 0 saturated heterocycles. The topological polar surface area (TPSA) is 12.0 Å². The Morgan fingerprint density at radius 1 is 1.06 bits per heavy atom. The average molecular weight is 251 g/mol. The third kappa shape index (κ3) is 3.98. The Kier molecular flexibility index (Phi) is 5.12. The molecule has 0 radical (unpaired) electrons. The fraction of sp³-hybridized carbons (Fsp3) is 1.00. The summed E-state index contributed by atoms with van der Waals surface area (Å²) in [6.07, 6.45) is 13.0. The van der Waals surface area contributed by atoms with E-state index in [1.165, 1.54) is 64.3 Å². The van der Waals surface area contributed by atoms with E-state index in [4.69, 9.17) is 0 Å². The molecule has 0 aromatic rings. The molecule has 0 bridgehead atoms. The van der Waals surface area contributed by atoms with Crippen LogP contribution in [0.15, 0.2) is 0 Å². The van der Waals surface area contributed by atoms with Crippen LogP contribution in [-0.2, 0) is 0 Å². The van der Waals surface area contributed by atoms with Crippen LogP contribution in [0.1, 0.15) is 78.6 Å². The molecule has 2 saturated carbocycles. The molecule has 0 aromatic heterocycles. The molecule has 0 aliphatic heterocycles. The van der Waals surface area contributed by atoms with Crippen LogP contribution >= 0.6 is 0 Å². The van der Waals surface area contributed by atoms with Crippen molar-refractivity contribution in [1.82, 2.24) is 5.32 Å². The summed E-state index contributed by atoms with van der Waals surface area (Å²) in [6, 6.07) is 0.810. The van der Waals surface area contributed by atoms with E-state index in [9.17, 15) is 0 Å². The van der Waals surface area contributed by atoms with E-state index in [0.29, 0.717) is 5.41 Å². The van der Waals surface area contributed by atoms with Crippen molar-refractivity contribution in [3.05, 3.63) is 0 Å². The van der Waals surface area contributed by atoms with Crippen molar-refractivity contribution in [3.8, 4) is 0 Å². The normalized spacial score (nSPS) is 32.7. The van der Waals surface area contributed by atoms with Crippen molar-refractivity contribution in [3.63, 3.8) is 0 Å². The summed E-state index contributed by atoms with van der Waals surface area (Å²) >= 11 is 0. The van der Waals surface area contributed by atoms with Crippen LogP contribution in [0.2, 0.25) is 0 Å². The lowest BCUT2D eigenvalue weighted by Crippen LogP contribution is -2.42. The Hall–Kier alpha value is -0.0400. The van der Waals surface area contributed by atoms with E-state index in [1.807, 2.05) is 0 Å². The van der Waals surface area contributed by atoms with Gasteiger partial charge in [-0.2, -0.15) is 0 Å². The molecule has 2 atom stereocenters. The lowest BCUT2D eigenvalue weighted by molar-refractivity contribution is 0.174. The van der Waals surface area contributed by atoms with Gasteiger partial charge in [-0.05, 0) is 42.9 Å². The maximum Gasteiger partial charge on any atom is 0.00700 e. The van der Waals surface area contributed by atoms with E-state index in [-0.39, 0.29) is 0 Å². The Morgan fingerprint density at radius 2 is 1.78 bits per heavy atom. The minimum atomic E-state index is 0.600. The van der Waals surface area contributed by atoms with Crippen molar-refractivity contribution in [2.75, 3.05) is 6.54 Å². The van der Waals surface area contributed by atoms with Crippen LogP contribution in [0.4, 0.5) is 0 Å². The first kappa shape index (κ1) is 14.4. The number of rotatable bonds is 4. The molecule has 1 heteroatoms. The summed E-state index contributed by atoms with van der Waals surface area (Å²) in [6.45, 7) is 8.56. The van der Waals surface area contributed by atoms with Gasteiger partial charge in [-0.25, -0.2) is 0 Å². The summed E-state index contributed by atoms with van der Waals surface area (Å²) in [7, 11) is 0. The van der Waals surface area contributed by atoms with Gasteiger partial charge < -0.3 is 5.32 Å². The van der Waals surface area contributed by atoms with Crippen molar-refractivity contribution in [1.29, 1.82) is 0 Å². The van der Waals surface area contributed by atoms with Crippen LogP contribution < -0.4 is 5.32 Å². The molecule has 2 unspecified atom stereocenters. The highest BCUT2D eigenvalue weighted by atomic mass is 14.9. The number of hydrogen-bond acceptors (Lipinski definition) is 1. The van der Waals surface area contributed by atoms with E-state index in [0.717, 1.165) is 17.9 Å². The van der Waals surface area contributed by atoms with Crippen LogP contribution in [0, 0.1) is 17.3 Å². The molecule has 2 rings (SSSR count). The third-order valence-corrected chi connectivity index (χ3v) is 5.54. The molecule has 18 heavy (non-hydrogen) atoms. The SMILES string of the molecule is CC(C)C1CCCC(NCC2(C)CCCCC2)C1. The Labute approximate surface area is 114 Å². The number of hydrogen-bond donors (Lipinski definition) is 1. The zero-order valence-electron chi connectivity index (χ0n) is 12.8. The largest absolute Gasteiger partial charge is 0.313 e. The molecule has 0 aromatic carbocycles. The maximum absolute atomic E-state index is 3.92. The molecule has 2 fully saturated rings. The summed E-state index contributed by atoms with van der Waals surface area (Å²) in [4.78, 5) is 0. The first-order valence-electron chi connectivity index (χ1n) is 8.32. The quantitative estimate of drug-likeness (QED) is 0.759. The molecular weight excluding hydrogens is 218 g/mol. The zero-order chi connectivity index (χ0) is 13.0.